The normalized spacial score (nSPS) is 9.49. The molecule has 310 valence electrons. The van der Waals surface area contributed by atoms with Crippen LogP contribution in [-0.4, -0.2) is 82.5 Å². The summed E-state index contributed by atoms with van der Waals surface area (Å²) in [5.74, 6) is -3.67. The third kappa shape index (κ3) is 17.3. The van der Waals surface area contributed by atoms with Gasteiger partial charge in [0.15, 0.2) is 23.0 Å². The smallest absolute Gasteiger partial charge is 0.390 e. The summed E-state index contributed by atoms with van der Waals surface area (Å²) in [6, 6.07) is 4.56. The molecule has 0 spiro atoms. The topological polar surface area (TPSA) is 239 Å². The summed E-state index contributed by atoms with van der Waals surface area (Å²) >= 11 is 0. The fourth-order valence-electron chi connectivity index (χ4n) is 3.48. The van der Waals surface area contributed by atoms with Crippen molar-refractivity contribution in [1.82, 2.24) is 0 Å². The van der Waals surface area contributed by atoms with Crippen molar-refractivity contribution in [2.45, 2.75) is 0 Å². The van der Waals surface area contributed by atoms with Crippen LogP contribution in [0.1, 0.15) is 5.56 Å². The number of carbonyl (C=O) groups is 7. The van der Waals surface area contributed by atoms with Crippen LogP contribution < -0.4 is 33.2 Å². The highest BCUT2D eigenvalue weighted by molar-refractivity contribution is 5.91. The molecule has 0 saturated heterocycles. The summed E-state index contributed by atoms with van der Waals surface area (Å²) in [4.78, 5) is 82.8. The number of hydrogen-bond donors (Lipinski definition) is 0. The number of hydrogen-bond acceptors (Lipinski definition) is 20. The van der Waals surface area contributed by atoms with Crippen molar-refractivity contribution < 1.29 is 95.1 Å². The molecular weight excluding hydrogens is 788 g/mol. The molecule has 59 heavy (non-hydrogen) atoms. The number of carbonyl (C=O) groups excluding carboxylic acids is 7. The Hall–Kier alpha value is -8.47. The van der Waals surface area contributed by atoms with Crippen molar-refractivity contribution >= 4 is 41.8 Å². The lowest BCUT2D eigenvalue weighted by molar-refractivity contribution is -0.146. The van der Waals surface area contributed by atoms with Crippen LogP contribution in [0, 0.1) is 11.8 Å². The van der Waals surface area contributed by atoms with Gasteiger partial charge in [-0.15, -0.1) is 0 Å². The van der Waals surface area contributed by atoms with E-state index >= 15 is 0 Å². The molecule has 0 saturated carbocycles. The lowest BCUT2D eigenvalue weighted by Gasteiger charge is -2.18. The fraction of sp³-hybridized carbons (Fsp3) is 0.154. The second kappa shape index (κ2) is 25.6. The van der Waals surface area contributed by atoms with Crippen molar-refractivity contribution in [3.8, 4) is 52.1 Å². The average Bonchev–Trinajstić information content (AvgIpc) is 3.23. The summed E-state index contributed by atoms with van der Waals surface area (Å²) in [5.41, 5.74) is -0.0357. The van der Waals surface area contributed by atoms with Crippen LogP contribution in [0.25, 0.3) is 0 Å². The van der Waals surface area contributed by atoms with Crippen LogP contribution in [0.4, 0.5) is 0 Å². The molecule has 2 aromatic carbocycles. The molecule has 0 atom stereocenters. The monoisotopic (exact) mass is 822 g/mol. The molecule has 0 heterocycles. The molecule has 0 radical (unpaired) electrons. The third-order valence-electron chi connectivity index (χ3n) is 6.01. The first-order valence-corrected chi connectivity index (χ1v) is 16.0. The fourth-order valence-corrected chi connectivity index (χ4v) is 3.48. The van der Waals surface area contributed by atoms with Crippen molar-refractivity contribution in [2.24, 2.45) is 0 Å². The number of benzene rings is 2. The highest BCUT2D eigenvalue weighted by Gasteiger charge is 2.21. The Morgan fingerprint density at radius 1 is 0.424 bits per heavy atom. The van der Waals surface area contributed by atoms with Gasteiger partial charge in [0, 0.05) is 72.2 Å². The van der Waals surface area contributed by atoms with Crippen LogP contribution in [-0.2, 0) is 62.0 Å². The molecule has 2 rings (SSSR count). The van der Waals surface area contributed by atoms with Crippen molar-refractivity contribution in [3.63, 3.8) is 0 Å². The maximum Gasteiger partial charge on any atom is 0.390 e. The Kier molecular flexibility index (Phi) is 20.2. The molecule has 0 aliphatic carbocycles. The minimum atomic E-state index is -1.21. The van der Waals surface area contributed by atoms with Crippen LogP contribution in [0.5, 0.6) is 40.2 Å². The van der Waals surface area contributed by atoms with Gasteiger partial charge in [0.2, 0.25) is 52.3 Å². The van der Waals surface area contributed by atoms with Gasteiger partial charge in [0.25, 0.3) is 0 Å². The van der Waals surface area contributed by atoms with Gasteiger partial charge in [-0.2, -0.15) is 0 Å². The predicted octanol–water partition coefficient (Wildman–Crippen LogP) is 3.04. The van der Waals surface area contributed by atoms with E-state index in [1.54, 1.807) is 0 Å². The molecule has 0 aliphatic heterocycles. The zero-order valence-corrected chi connectivity index (χ0v) is 30.9. The van der Waals surface area contributed by atoms with E-state index in [0.29, 0.717) is 0 Å². The number of esters is 7. The van der Waals surface area contributed by atoms with E-state index in [1.165, 1.54) is 12.1 Å². The Balaban J connectivity index is 2.58. The van der Waals surface area contributed by atoms with Crippen LogP contribution >= 0.6 is 0 Å². The summed E-state index contributed by atoms with van der Waals surface area (Å²) in [6.07, 6.45) is 5.18. The largest absolute Gasteiger partial charge is 0.453 e. The molecule has 20 nitrogen and oxygen atoms in total. The van der Waals surface area contributed by atoms with E-state index in [4.69, 9.17) is 61.6 Å². The van der Waals surface area contributed by atoms with Gasteiger partial charge in [0.05, 0.1) is 0 Å². The maximum absolute atomic E-state index is 13.1. The summed E-state index contributed by atoms with van der Waals surface area (Å²) in [5, 5.41) is 0. The van der Waals surface area contributed by atoms with Crippen molar-refractivity contribution in [1.29, 1.82) is 0 Å². The van der Waals surface area contributed by atoms with Gasteiger partial charge >= 0.3 is 41.8 Å². The van der Waals surface area contributed by atoms with Gasteiger partial charge in [-0.25, -0.2) is 33.6 Å². The molecular formula is C39H34O20. The van der Waals surface area contributed by atoms with Gasteiger partial charge in [-0.1, -0.05) is 45.4 Å². The standard InChI is InChI=1S/C39H34O20/c1-7-31(40)51-19-47-27-15-25(16-28(48-20-52-32(41)8-2)38(27)57-23-55-35(44)11-5)13-14-37(46)59-26-17-29(49-21-53-33(42)9-3)39(58-24-56-36(45)12-6)30(18-26)50-22-54-34(43)10-4/h7-12,15-18H,1-6,19-24H2. The summed E-state index contributed by atoms with van der Waals surface area (Å²) in [7, 11) is 0. The lowest BCUT2D eigenvalue weighted by atomic mass is 10.2. The molecule has 0 unspecified atom stereocenters. The SMILES string of the molecule is C=CC(=O)OCOc1cc(C#CC(=O)Oc2cc(OCOC(=O)C=C)c(OCOC(=O)C=C)c(OCOC(=O)C=C)c2)cc(OCOC(=O)C=C)c1OCOC(=O)C=C. The number of rotatable bonds is 25. The first-order valence-electron chi connectivity index (χ1n) is 16.0. The third-order valence-corrected chi connectivity index (χ3v) is 6.01. The minimum Gasteiger partial charge on any atom is -0.453 e. The van der Waals surface area contributed by atoms with Crippen LogP contribution in [0.3, 0.4) is 0 Å². The second-order valence-corrected chi connectivity index (χ2v) is 9.77. The molecule has 0 aromatic heterocycles. The van der Waals surface area contributed by atoms with Gasteiger partial charge in [0.1, 0.15) is 5.75 Å². The Morgan fingerprint density at radius 3 is 0.983 bits per heavy atom. The summed E-state index contributed by atoms with van der Waals surface area (Å²) in [6.45, 7) is 15.3. The maximum atomic E-state index is 13.1. The van der Waals surface area contributed by atoms with E-state index in [9.17, 15) is 33.6 Å². The van der Waals surface area contributed by atoms with Gasteiger partial charge in [-0.3, -0.25) is 0 Å². The zero-order valence-electron chi connectivity index (χ0n) is 30.9. The molecule has 20 heteroatoms. The minimum absolute atomic E-state index is 0.0357. The first-order chi connectivity index (χ1) is 28.4. The predicted molar refractivity (Wildman–Crippen MR) is 196 cm³/mol. The second-order valence-electron chi connectivity index (χ2n) is 9.77. The molecule has 0 bridgehead atoms. The molecule has 0 fully saturated rings. The van der Waals surface area contributed by atoms with E-state index in [0.717, 1.165) is 48.6 Å². The number of ether oxygens (including phenoxy) is 13. The molecule has 0 amide bonds. The van der Waals surface area contributed by atoms with Crippen molar-refractivity contribution in [2.75, 3.05) is 40.8 Å². The highest BCUT2D eigenvalue weighted by Crippen LogP contribution is 2.42. The van der Waals surface area contributed by atoms with Gasteiger partial charge in [-0.05, 0) is 0 Å². The Morgan fingerprint density at radius 2 is 0.695 bits per heavy atom. The van der Waals surface area contributed by atoms with E-state index in [1.807, 2.05) is 0 Å². The molecule has 0 aliphatic rings. The van der Waals surface area contributed by atoms with E-state index in [2.05, 4.69) is 51.3 Å². The van der Waals surface area contributed by atoms with Crippen LogP contribution in [0.2, 0.25) is 0 Å². The van der Waals surface area contributed by atoms with Gasteiger partial charge < -0.3 is 61.6 Å². The van der Waals surface area contributed by atoms with Crippen LogP contribution in [0.15, 0.2) is 100 Å². The first kappa shape index (κ1) is 46.7. The van der Waals surface area contributed by atoms with E-state index in [-0.39, 0.29) is 45.8 Å². The quantitative estimate of drug-likeness (QED) is 0.0349. The summed E-state index contributed by atoms with van der Waals surface area (Å²) < 4.78 is 67.4. The van der Waals surface area contributed by atoms with Crippen molar-refractivity contribution in [3.05, 3.63) is 106 Å². The lowest BCUT2D eigenvalue weighted by Crippen LogP contribution is -2.14. The zero-order chi connectivity index (χ0) is 43.6. The Labute approximate surface area is 335 Å². The Bertz CT molecular complexity index is 1920. The van der Waals surface area contributed by atoms with E-state index < -0.39 is 82.5 Å². The molecule has 0 N–H and O–H groups in total. The average molecular weight is 823 g/mol. The molecule has 2 aromatic rings. The highest BCUT2D eigenvalue weighted by atomic mass is 16.7.